The van der Waals surface area contributed by atoms with E-state index in [1.165, 1.54) is 6.07 Å². The lowest BCUT2D eigenvalue weighted by Crippen LogP contribution is -2.15. The second-order valence-electron chi connectivity index (χ2n) is 4.75. The summed E-state index contributed by atoms with van der Waals surface area (Å²) in [5.74, 6) is 0.0409. The van der Waals surface area contributed by atoms with Gasteiger partial charge in [-0.1, -0.05) is 29.8 Å². The van der Waals surface area contributed by atoms with Gasteiger partial charge in [0.15, 0.2) is 5.82 Å². The number of nitrogens with one attached hydrogen (secondary N) is 1. The van der Waals surface area contributed by atoms with Gasteiger partial charge < -0.3 is 11.1 Å². The molecule has 116 valence electrons. The van der Waals surface area contributed by atoms with Crippen LogP contribution in [-0.2, 0) is 6.54 Å². The number of aromatic nitrogens is 4. The van der Waals surface area contributed by atoms with E-state index < -0.39 is 5.91 Å². The second kappa shape index (κ2) is 6.45. The molecular formula is C15H13ClN6O. The molecule has 8 heteroatoms. The van der Waals surface area contributed by atoms with Crippen molar-refractivity contribution in [3.05, 3.63) is 64.9 Å². The molecule has 0 atom stereocenters. The van der Waals surface area contributed by atoms with Gasteiger partial charge in [0.05, 0.1) is 17.8 Å². The molecule has 1 heterocycles. The number of tetrazole rings is 1. The van der Waals surface area contributed by atoms with E-state index in [1.54, 1.807) is 16.8 Å². The van der Waals surface area contributed by atoms with Gasteiger partial charge in [-0.2, -0.15) is 4.68 Å². The smallest absolute Gasteiger partial charge is 0.250 e. The molecular weight excluding hydrogens is 316 g/mol. The number of anilines is 1. The van der Waals surface area contributed by atoms with Crippen molar-refractivity contribution < 1.29 is 4.79 Å². The molecule has 0 aliphatic carbocycles. The zero-order valence-corrected chi connectivity index (χ0v) is 12.7. The average molecular weight is 329 g/mol. The fourth-order valence-corrected chi connectivity index (χ4v) is 2.31. The summed E-state index contributed by atoms with van der Waals surface area (Å²) in [6.07, 6.45) is 0. The number of nitrogens with zero attached hydrogens (tertiary/aromatic N) is 4. The third kappa shape index (κ3) is 3.29. The lowest BCUT2D eigenvalue weighted by atomic mass is 10.1. The lowest BCUT2D eigenvalue weighted by Gasteiger charge is -2.10. The molecule has 2 aromatic carbocycles. The van der Waals surface area contributed by atoms with E-state index >= 15 is 0 Å². The summed E-state index contributed by atoms with van der Waals surface area (Å²) in [5, 5.41) is 15.2. The third-order valence-corrected chi connectivity index (χ3v) is 3.45. The molecule has 0 radical (unpaired) electrons. The quantitative estimate of drug-likeness (QED) is 0.746. The summed E-state index contributed by atoms with van der Waals surface area (Å²) < 4.78 is 1.62. The van der Waals surface area contributed by atoms with Crippen molar-refractivity contribution in [2.45, 2.75) is 6.54 Å². The number of amides is 1. The minimum Gasteiger partial charge on any atom is -0.377 e. The number of halogens is 1. The minimum absolute atomic E-state index is 0.316. The standard InChI is InChI=1S/C15H13ClN6O/c16-10-6-7-13(12(8-10)15(17)23)18-9-14-19-20-21-22(14)11-4-2-1-3-5-11/h1-8,18H,9H2,(H2,17,23). The molecule has 0 fully saturated rings. The van der Waals surface area contributed by atoms with E-state index in [0.29, 0.717) is 28.6 Å². The first-order valence-corrected chi connectivity index (χ1v) is 7.19. The van der Waals surface area contributed by atoms with Crippen molar-refractivity contribution in [2.75, 3.05) is 5.32 Å². The van der Waals surface area contributed by atoms with Crippen LogP contribution in [0.2, 0.25) is 5.02 Å². The number of carbonyl (C=O) groups excluding carboxylic acids is 1. The Balaban J connectivity index is 1.83. The Morgan fingerprint density at radius 3 is 2.74 bits per heavy atom. The van der Waals surface area contributed by atoms with Gasteiger partial charge in [-0.3, -0.25) is 4.79 Å². The first kappa shape index (κ1) is 15.0. The highest BCUT2D eigenvalue weighted by atomic mass is 35.5. The zero-order chi connectivity index (χ0) is 16.2. The average Bonchev–Trinajstić information content (AvgIpc) is 3.03. The maximum absolute atomic E-state index is 11.5. The molecule has 3 aromatic rings. The number of nitrogens with two attached hydrogens (primary N) is 1. The van der Waals surface area contributed by atoms with E-state index in [4.69, 9.17) is 17.3 Å². The van der Waals surface area contributed by atoms with Crippen LogP contribution < -0.4 is 11.1 Å². The highest BCUT2D eigenvalue weighted by Crippen LogP contribution is 2.21. The molecule has 0 bridgehead atoms. The van der Waals surface area contributed by atoms with Gasteiger partial charge in [0.2, 0.25) is 0 Å². The van der Waals surface area contributed by atoms with Crippen LogP contribution in [0, 0.1) is 0 Å². The van der Waals surface area contributed by atoms with Crippen molar-refractivity contribution >= 4 is 23.2 Å². The Hall–Kier alpha value is -2.93. The first-order chi connectivity index (χ1) is 11.1. The van der Waals surface area contributed by atoms with Crippen LogP contribution in [0.15, 0.2) is 48.5 Å². The first-order valence-electron chi connectivity index (χ1n) is 6.81. The maximum atomic E-state index is 11.5. The van der Waals surface area contributed by atoms with E-state index in [9.17, 15) is 4.79 Å². The number of benzene rings is 2. The Bertz CT molecular complexity index is 833. The molecule has 0 unspecified atom stereocenters. The van der Waals surface area contributed by atoms with Gasteiger partial charge in [-0.15, -0.1) is 5.10 Å². The third-order valence-electron chi connectivity index (χ3n) is 3.22. The summed E-state index contributed by atoms with van der Waals surface area (Å²) in [7, 11) is 0. The molecule has 3 N–H and O–H groups in total. The summed E-state index contributed by atoms with van der Waals surface area (Å²) in [4.78, 5) is 11.5. The number of hydrogen-bond acceptors (Lipinski definition) is 5. The number of rotatable bonds is 5. The van der Waals surface area contributed by atoms with Gasteiger partial charge in [0, 0.05) is 10.7 Å². The van der Waals surface area contributed by atoms with Gasteiger partial charge in [0.25, 0.3) is 5.91 Å². The van der Waals surface area contributed by atoms with Gasteiger partial charge in [0.1, 0.15) is 0 Å². The lowest BCUT2D eigenvalue weighted by molar-refractivity contribution is 0.100. The SMILES string of the molecule is NC(=O)c1cc(Cl)ccc1NCc1nnnn1-c1ccccc1. The van der Waals surface area contributed by atoms with Crippen molar-refractivity contribution in [3.8, 4) is 5.69 Å². The summed E-state index contributed by atoms with van der Waals surface area (Å²) in [5.41, 5.74) is 7.11. The Labute approximate surface area is 137 Å². The van der Waals surface area contributed by atoms with Crippen molar-refractivity contribution in [2.24, 2.45) is 5.73 Å². The highest BCUT2D eigenvalue weighted by Gasteiger charge is 2.12. The normalized spacial score (nSPS) is 10.5. The van der Waals surface area contributed by atoms with Crippen molar-refractivity contribution in [1.29, 1.82) is 0 Å². The van der Waals surface area contributed by atoms with E-state index in [0.717, 1.165) is 5.69 Å². The number of primary amides is 1. The van der Waals surface area contributed by atoms with Crippen molar-refractivity contribution in [3.63, 3.8) is 0 Å². The summed E-state index contributed by atoms with van der Waals surface area (Å²) in [6, 6.07) is 14.4. The van der Waals surface area contributed by atoms with E-state index in [2.05, 4.69) is 20.8 Å². The summed E-state index contributed by atoms with van der Waals surface area (Å²) in [6.45, 7) is 0.323. The Morgan fingerprint density at radius 1 is 1.22 bits per heavy atom. The van der Waals surface area contributed by atoms with Crippen LogP contribution in [0.4, 0.5) is 5.69 Å². The minimum atomic E-state index is -0.558. The zero-order valence-electron chi connectivity index (χ0n) is 12.0. The van der Waals surface area contributed by atoms with Crippen LogP contribution in [0.3, 0.4) is 0 Å². The molecule has 3 rings (SSSR count). The predicted octanol–water partition coefficient (Wildman–Crippen LogP) is 2.03. The Morgan fingerprint density at radius 2 is 2.00 bits per heavy atom. The second-order valence-corrected chi connectivity index (χ2v) is 5.19. The monoisotopic (exact) mass is 328 g/mol. The molecule has 23 heavy (non-hydrogen) atoms. The molecule has 0 aliphatic rings. The topological polar surface area (TPSA) is 98.7 Å². The van der Waals surface area contributed by atoms with Crippen LogP contribution in [0.25, 0.3) is 5.69 Å². The molecule has 1 aromatic heterocycles. The van der Waals surface area contributed by atoms with E-state index in [-0.39, 0.29) is 0 Å². The number of para-hydroxylation sites is 1. The van der Waals surface area contributed by atoms with Crippen LogP contribution in [-0.4, -0.2) is 26.1 Å². The summed E-state index contributed by atoms with van der Waals surface area (Å²) >= 11 is 5.89. The van der Waals surface area contributed by atoms with Gasteiger partial charge in [-0.05, 0) is 40.8 Å². The highest BCUT2D eigenvalue weighted by molar-refractivity contribution is 6.31. The molecule has 7 nitrogen and oxygen atoms in total. The van der Waals surface area contributed by atoms with Gasteiger partial charge >= 0.3 is 0 Å². The van der Waals surface area contributed by atoms with Gasteiger partial charge in [-0.25, -0.2) is 0 Å². The Kier molecular flexibility index (Phi) is 4.20. The maximum Gasteiger partial charge on any atom is 0.250 e. The molecule has 0 spiro atoms. The van der Waals surface area contributed by atoms with Crippen LogP contribution in [0.1, 0.15) is 16.2 Å². The molecule has 0 saturated heterocycles. The molecule has 0 saturated carbocycles. The van der Waals surface area contributed by atoms with Crippen LogP contribution >= 0.6 is 11.6 Å². The fraction of sp³-hybridized carbons (Fsp3) is 0.0667. The predicted molar refractivity (Wildman–Crippen MR) is 86.5 cm³/mol. The van der Waals surface area contributed by atoms with Crippen molar-refractivity contribution in [1.82, 2.24) is 20.2 Å². The molecule has 0 aliphatic heterocycles. The largest absolute Gasteiger partial charge is 0.377 e. The fourth-order valence-electron chi connectivity index (χ4n) is 2.13. The van der Waals surface area contributed by atoms with E-state index in [1.807, 2.05) is 30.3 Å². The molecule has 1 amide bonds. The van der Waals surface area contributed by atoms with Crippen LogP contribution in [0.5, 0.6) is 0 Å². The number of carbonyl (C=O) groups is 1. The number of hydrogen-bond donors (Lipinski definition) is 2.